The first-order valence-electron chi connectivity index (χ1n) is 8.01. The van der Waals surface area contributed by atoms with Crippen LogP contribution in [0.5, 0.6) is 0 Å². The van der Waals surface area contributed by atoms with Crippen LogP contribution in [0, 0.1) is 17.8 Å². The molecule has 1 N–H and O–H groups in total. The highest BCUT2D eigenvalue weighted by molar-refractivity contribution is 5.31. The van der Waals surface area contributed by atoms with Gasteiger partial charge in [-0.15, -0.1) is 0 Å². The van der Waals surface area contributed by atoms with Gasteiger partial charge in [-0.1, -0.05) is 34.6 Å². The van der Waals surface area contributed by atoms with Crippen molar-refractivity contribution in [1.29, 1.82) is 0 Å². The van der Waals surface area contributed by atoms with Gasteiger partial charge in [0.05, 0.1) is 5.69 Å². The molecule has 3 nitrogen and oxygen atoms in total. The number of aryl methyl sites for hydroxylation is 2. The van der Waals surface area contributed by atoms with Gasteiger partial charge in [0.1, 0.15) is 0 Å². The van der Waals surface area contributed by atoms with Crippen LogP contribution in [0.15, 0.2) is 6.20 Å². The van der Waals surface area contributed by atoms with Gasteiger partial charge >= 0.3 is 0 Å². The second kappa shape index (κ2) is 5.42. The first kappa shape index (κ1) is 15.4. The van der Waals surface area contributed by atoms with E-state index in [4.69, 9.17) is 0 Å². The molecule has 1 aliphatic carbocycles. The lowest BCUT2D eigenvalue weighted by Crippen LogP contribution is -2.40. The summed E-state index contributed by atoms with van der Waals surface area (Å²) in [5.74, 6) is 1.06. The molecule has 1 fully saturated rings. The second-order valence-corrected chi connectivity index (χ2v) is 8.15. The van der Waals surface area contributed by atoms with E-state index in [1.807, 2.05) is 0 Å². The molecule has 2 rings (SSSR count). The number of nitrogens with zero attached hydrogens (tertiary/aromatic N) is 2. The van der Waals surface area contributed by atoms with Crippen LogP contribution in [0.2, 0.25) is 0 Å². The lowest BCUT2D eigenvalue weighted by atomic mass is 9.63. The maximum Gasteiger partial charge on any atom is 0.203 e. The summed E-state index contributed by atoms with van der Waals surface area (Å²) in [6.07, 6.45) is 7.07. The number of hydrogen-bond donors (Lipinski definition) is 1. The molecule has 114 valence electrons. The highest BCUT2D eigenvalue weighted by Crippen LogP contribution is 2.46. The maximum absolute atomic E-state index is 4.67. The third kappa shape index (κ3) is 3.77. The van der Waals surface area contributed by atoms with Gasteiger partial charge in [-0.05, 0) is 43.4 Å². The van der Waals surface area contributed by atoms with Crippen molar-refractivity contribution in [1.82, 2.24) is 9.55 Å². The van der Waals surface area contributed by atoms with Gasteiger partial charge in [-0.2, -0.15) is 0 Å². The van der Waals surface area contributed by atoms with Crippen LogP contribution >= 0.6 is 0 Å². The molecule has 0 radical (unpaired) electrons. The Morgan fingerprint density at radius 3 is 2.40 bits per heavy atom. The topological polar surface area (TPSA) is 29.9 Å². The molecule has 0 aliphatic heterocycles. The van der Waals surface area contributed by atoms with Crippen LogP contribution in [-0.4, -0.2) is 15.6 Å². The van der Waals surface area contributed by atoms with Gasteiger partial charge in [0.25, 0.3) is 0 Å². The van der Waals surface area contributed by atoms with E-state index in [0.29, 0.717) is 16.9 Å². The molecule has 1 aromatic rings. The Morgan fingerprint density at radius 2 is 1.85 bits per heavy atom. The Hall–Kier alpha value is -0.990. The molecule has 0 atom stereocenters. The van der Waals surface area contributed by atoms with E-state index in [9.17, 15) is 0 Å². The molecule has 0 spiro atoms. The molecule has 0 aromatic carbocycles. The number of anilines is 1. The summed E-state index contributed by atoms with van der Waals surface area (Å²) >= 11 is 0. The lowest BCUT2D eigenvalue weighted by Gasteiger charge is -2.45. The van der Waals surface area contributed by atoms with E-state index in [1.54, 1.807) is 0 Å². The zero-order valence-electron chi connectivity index (χ0n) is 14.1. The van der Waals surface area contributed by atoms with Crippen molar-refractivity contribution in [2.75, 3.05) is 5.32 Å². The highest BCUT2D eigenvalue weighted by atomic mass is 15.2. The van der Waals surface area contributed by atoms with Crippen molar-refractivity contribution in [3.63, 3.8) is 0 Å². The smallest absolute Gasteiger partial charge is 0.203 e. The average molecular weight is 277 g/mol. The molecular weight excluding hydrogens is 246 g/mol. The molecule has 0 bridgehead atoms. The fourth-order valence-electron chi connectivity index (χ4n) is 4.20. The van der Waals surface area contributed by atoms with Gasteiger partial charge in [-0.25, -0.2) is 4.98 Å². The fraction of sp³-hybridized carbons (Fsp3) is 0.824. The lowest BCUT2D eigenvalue weighted by molar-refractivity contribution is 0.105. The predicted molar refractivity (Wildman–Crippen MR) is 86.1 cm³/mol. The molecule has 0 saturated heterocycles. The van der Waals surface area contributed by atoms with Crippen LogP contribution < -0.4 is 5.32 Å². The van der Waals surface area contributed by atoms with Gasteiger partial charge < -0.3 is 9.88 Å². The Balaban J connectivity index is 2.13. The minimum absolute atomic E-state index is 0.413. The molecule has 0 unspecified atom stereocenters. The van der Waals surface area contributed by atoms with Gasteiger partial charge in [0, 0.05) is 18.8 Å². The van der Waals surface area contributed by atoms with Crippen molar-refractivity contribution in [2.45, 2.75) is 79.8 Å². The van der Waals surface area contributed by atoms with Crippen LogP contribution in [0.3, 0.4) is 0 Å². The number of imidazole rings is 1. The number of aromatic nitrogens is 2. The third-order valence-corrected chi connectivity index (χ3v) is 4.25. The standard InChI is InChI=1S/C17H31N3/c1-7-8-20-11-13(2)18-15(20)19-14-9-16(3,4)12-17(5,6)10-14/h11,14H,7-10,12H2,1-6H3,(H,18,19). The van der Waals surface area contributed by atoms with Crippen molar-refractivity contribution < 1.29 is 0 Å². The summed E-state index contributed by atoms with van der Waals surface area (Å²) < 4.78 is 2.27. The quantitative estimate of drug-likeness (QED) is 0.870. The fourth-order valence-corrected chi connectivity index (χ4v) is 4.20. The molecule has 1 saturated carbocycles. The molecule has 3 heteroatoms. The molecule has 20 heavy (non-hydrogen) atoms. The number of hydrogen-bond acceptors (Lipinski definition) is 2. The Labute approximate surface area is 124 Å². The molecule has 1 aromatic heterocycles. The Bertz CT molecular complexity index is 441. The zero-order chi connectivity index (χ0) is 15.0. The van der Waals surface area contributed by atoms with Crippen LogP contribution in [0.1, 0.15) is 66.0 Å². The third-order valence-electron chi connectivity index (χ3n) is 4.25. The summed E-state index contributed by atoms with van der Waals surface area (Å²) in [5.41, 5.74) is 1.93. The van der Waals surface area contributed by atoms with Gasteiger partial charge in [0.15, 0.2) is 0 Å². The summed E-state index contributed by atoms with van der Waals surface area (Å²) in [5, 5.41) is 3.72. The van der Waals surface area contributed by atoms with E-state index in [2.05, 4.69) is 62.6 Å². The van der Waals surface area contributed by atoms with Crippen molar-refractivity contribution in [3.05, 3.63) is 11.9 Å². The summed E-state index contributed by atoms with van der Waals surface area (Å²) in [4.78, 5) is 4.67. The molecule has 1 heterocycles. The normalized spacial score (nSPS) is 21.9. The van der Waals surface area contributed by atoms with Crippen molar-refractivity contribution in [3.8, 4) is 0 Å². The largest absolute Gasteiger partial charge is 0.353 e. The first-order valence-corrected chi connectivity index (χ1v) is 8.01. The van der Waals surface area contributed by atoms with Gasteiger partial charge in [0.2, 0.25) is 5.95 Å². The van der Waals surface area contributed by atoms with E-state index in [0.717, 1.165) is 24.6 Å². The monoisotopic (exact) mass is 277 g/mol. The second-order valence-electron chi connectivity index (χ2n) is 8.15. The average Bonchev–Trinajstić information content (AvgIpc) is 2.54. The van der Waals surface area contributed by atoms with E-state index < -0.39 is 0 Å². The molecule has 0 amide bonds. The summed E-state index contributed by atoms with van der Waals surface area (Å²) in [7, 11) is 0. The maximum atomic E-state index is 4.67. The highest BCUT2D eigenvalue weighted by Gasteiger charge is 2.38. The first-order chi connectivity index (χ1) is 9.21. The molecule has 1 aliphatic rings. The SMILES string of the molecule is CCCn1cc(C)nc1NC1CC(C)(C)CC(C)(C)C1. The predicted octanol–water partition coefficient (Wildman–Crippen LogP) is 4.62. The Kier molecular flexibility index (Phi) is 4.17. The van der Waals surface area contributed by atoms with Crippen LogP contribution in [0.4, 0.5) is 5.95 Å². The summed E-state index contributed by atoms with van der Waals surface area (Å²) in [6.45, 7) is 14.9. The minimum atomic E-state index is 0.413. The van der Waals surface area contributed by atoms with E-state index in [-0.39, 0.29) is 0 Å². The zero-order valence-corrected chi connectivity index (χ0v) is 14.1. The van der Waals surface area contributed by atoms with Gasteiger partial charge in [-0.3, -0.25) is 0 Å². The molecular formula is C17H31N3. The number of rotatable bonds is 4. The van der Waals surface area contributed by atoms with Crippen LogP contribution in [-0.2, 0) is 6.54 Å². The van der Waals surface area contributed by atoms with E-state index in [1.165, 1.54) is 19.3 Å². The van der Waals surface area contributed by atoms with Crippen LogP contribution in [0.25, 0.3) is 0 Å². The van der Waals surface area contributed by atoms with Crippen molar-refractivity contribution >= 4 is 5.95 Å². The number of nitrogens with one attached hydrogen (secondary N) is 1. The minimum Gasteiger partial charge on any atom is -0.353 e. The Morgan fingerprint density at radius 1 is 1.25 bits per heavy atom. The summed E-state index contributed by atoms with van der Waals surface area (Å²) in [6, 6.07) is 0.533. The van der Waals surface area contributed by atoms with E-state index >= 15 is 0 Å². The van der Waals surface area contributed by atoms with Crippen molar-refractivity contribution in [2.24, 2.45) is 10.8 Å².